The number of fused-ring (bicyclic) bond motifs is 1. The molecule has 0 N–H and O–H groups in total. The lowest BCUT2D eigenvalue weighted by molar-refractivity contribution is 0.103. The second kappa shape index (κ2) is 10.4. The first kappa shape index (κ1) is 24.0. The molecule has 2 heterocycles. The lowest BCUT2D eigenvalue weighted by atomic mass is 10.0. The summed E-state index contributed by atoms with van der Waals surface area (Å²) in [5, 5.41) is 0.637. The minimum atomic E-state index is -0.109. The van der Waals surface area contributed by atoms with E-state index in [0.717, 1.165) is 17.7 Å². The van der Waals surface area contributed by atoms with Gasteiger partial charge in [0.1, 0.15) is 12.4 Å². The van der Waals surface area contributed by atoms with E-state index in [0.29, 0.717) is 40.3 Å². The molecule has 35 heavy (non-hydrogen) atoms. The smallest absolute Gasteiger partial charge is 0.261 e. The summed E-state index contributed by atoms with van der Waals surface area (Å²) in [6, 6.07) is 16.4. The molecule has 2 aromatic carbocycles. The molecule has 0 amide bonds. The van der Waals surface area contributed by atoms with E-state index in [1.807, 2.05) is 62.3 Å². The summed E-state index contributed by atoms with van der Waals surface area (Å²) in [5.41, 5.74) is 3.47. The highest BCUT2D eigenvalue weighted by Crippen LogP contribution is 2.16. The molecule has 0 unspecified atom stereocenters. The molecular weight excluding hydrogens is 440 g/mol. The number of hydrogen-bond donors (Lipinski definition) is 0. The van der Waals surface area contributed by atoms with Gasteiger partial charge in [-0.15, -0.1) is 0 Å². The van der Waals surface area contributed by atoms with Gasteiger partial charge in [-0.1, -0.05) is 42.5 Å². The van der Waals surface area contributed by atoms with Gasteiger partial charge in [-0.05, 0) is 50.4 Å². The predicted molar refractivity (Wildman–Crippen MR) is 139 cm³/mol. The molecule has 0 spiro atoms. The average Bonchev–Trinajstić information content (AvgIpc) is 2.85. The number of ether oxygens (including phenoxy) is 1. The van der Waals surface area contributed by atoms with Gasteiger partial charge < -0.3 is 9.64 Å². The number of aromatic nitrogens is 3. The van der Waals surface area contributed by atoms with Crippen molar-refractivity contribution in [2.75, 3.05) is 27.2 Å². The molecule has 4 rings (SSSR count). The predicted octanol–water partition coefficient (Wildman–Crippen LogP) is 3.98. The molecule has 2 aromatic heterocycles. The first-order valence-electron chi connectivity index (χ1n) is 11.4. The molecular formula is C28H28N4O3. The van der Waals surface area contributed by atoms with Crippen molar-refractivity contribution >= 4 is 28.8 Å². The molecule has 0 saturated heterocycles. The van der Waals surface area contributed by atoms with Crippen LogP contribution in [0.4, 0.5) is 0 Å². The number of carbonyl (C=O) groups excluding carboxylic acids is 1. The number of hydrogen-bond acceptors (Lipinski definition) is 6. The Morgan fingerprint density at radius 3 is 2.46 bits per heavy atom. The van der Waals surface area contributed by atoms with E-state index in [-0.39, 0.29) is 11.3 Å². The highest BCUT2D eigenvalue weighted by Gasteiger charge is 2.11. The number of nitrogens with zero attached hydrogens (tertiary/aromatic N) is 4. The molecule has 7 heteroatoms. The Hall–Kier alpha value is -4.10. The van der Waals surface area contributed by atoms with Gasteiger partial charge in [0.05, 0.1) is 10.9 Å². The summed E-state index contributed by atoms with van der Waals surface area (Å²) in [5.74, 6) is 0.949. The lowest BCUT2D eigenvalue weighted by Crippen LogP contribution is -2.21. The fraction of sp³-hybridized carbons (Fsp3) is 0.214. The molecule has 0 bridgehead atoms. The number of likely N-dealkylation sites (N-methyl/N-ethyl adjacent to an activating group) is 1. The minimum absolute atomic E-state index is 0.0728. The van der Waals surface area contributed by atoms with E-state index in [1.54, 1.807) is 42.0 Å². The van der Waals surface area contributed by atoms with Crippen molar-refractivity contribution in [3.05, 3.63) is 99.2 Å². The fourth-order valence-corrected chi connectivity index (χ4v) is 3.66. The van der Waals surface area contributed by atoms with Crippen molar-refractivity contribution in [3.8, 4) is 5.88 Å². The Bertz CT molecular complexity index is 1440. The van der Waals surface area contributed by atoms with Crippen molar-refractivity contribution in [2.45, 2.75) is 6.92 Å². The van der Waals surface area contributed by atoms with Crippen LogP contribution in [0.15, 0.2) is 65.6 Å². The van der Waals surface area contributed by atoms with E-state index in [4.69, 9.17) is 4.74 Å². The van der Waals surface area contributed by atoms with Crippen LogP contribution < -0.4 is 10.3 Å². The highest BCUT2D eigenvalue weighted by molar-refractivity contribution is 6.08. The largest absolute Gasteiger partial charge is 0.476 e. The van der Waals surface area contributed by atoms with E-state index >= 15 is 0 Å². The maximum Gasteiger partial charge on any atom is 0.261 e. The summed E-state index contributed by atoms with van der Waals surface area (Å²) in [6.07, 6.45) is 5.22. The van der Waals surface area contributed by atoms with Gasteiger partial charge in [0.15, 0.2) is 5.78 Å². The van der Waals surface area contributed by atoms with Gasteiger partial charge in [0.25, 0.3) is 5.56 Å². The zero-order chi connectivity index (χ0) is 24.9. The molecule has 0 aliphatic rings. The van der Waals surface area contributed by atoms with Crippen LogP contribution in [0.1, 0.15) is 32.9 Å². The zero-order valence-corrected chi connectivity index (χ0v) is 20.4. The Morgan fingerprint density at radius 2 is 1.77 bits per heavy atom. The van der Waals surface area contributed by atoms with E-state index in [9.17, 15) is 9.59 Å². The molecule has 0 aliphatic heterocycles. The van der Waals surface area contributed by atoms with Gasteiger partial charge in [-0.2, -0.15) is 0 Å². The van der Waals surface area contributed by atoms with Crippen LogP contribution in [-0.2, 0) is 7.05 Å². The Kier molecular flexibility index (Phi) is 7.17. The lowest BCUT2D eigenvalue weighted by Gasteiger charge is -2.10. The average molecular weight is 469 g/mol. The number of ketones is 1. The van der Waals surface area contributed by atoms with Crippen LogP contribution in [0.2, 0.25) is 0 Å². The SMILES string of the molecule is Cc1cccc2nc(/C=C/c3ccc(C(=O)c4ccc(OCCN(C)C)nc4)cc3)n(C)c(=O)c12. The Balaban J connectivity index is 1.47. The first-order valence-corrected chi connectivity index (χ1v) is 11.4. The van der Waals surface area contributed by atoms with Gasteiger partial charge in [0.2, 0.25) is 5.88 Å². The van der Waals surface area contributed by atoms with Crippen molar-refractivity contribution in [2.24, 2.45) is 7.05 Å². The number of rotatable bonds is 8. The Morgan fingerprint density at radius 1 is 1.03 bits per heavy atom. The molecule has 7 nitrogen and oxygen atoms in total. The normalized spacial score (nSPS) is 11.5. The van der Waals surface area contributed by atoms with Crippen LogP contribution in [0, 0.1) is 6.92 Å². The van der Waals surface area contributed by atoms with Gasteiger partial charge in [0, 0.05) is 37.0 Å². The van der Waals surface area contributed by atoms with E-state index in [2.05, 4.69) is 9.97 Å². The van der Waals surface area contributed by atoms with Crippen molar-refractivity contribution in [1.29, 1.82) is 0 Å². The standard InChI is InChI=1S/C28H28N4O3/c1-19-6-5-7-23-26(19)28(34)32(4)24(30-23)14-10-20-8-11-21(12-9-20)27(33)22-13-15-25(29-18-22)35-17-16-31(2)3/h5-15,18H,16-17H2,1-4H3/b14-10+. The minimum Gasteiger partial charge on any atom is -0.476 e. The summed E-state index contributed by atoms with van der Waals surface area (Å²) in [4.78, 5) is 36.5. The number of carbonyl (C=O) groups is 1. The third-order valence-electron chi connectivity index (χ3n) is 5.73. The third kappa shape index (κ3) is 5.53. The monoisotopic (exact) mass is 468 g/mol. The van der Waals surface area contributed by atoms with Crippen LogP contribution >= 0.6 is 0 Å². The first-order chi connectivity index (χ1) is 16.8. The topological polar surface area (TPSA) is 77.3 Å². The van der Waals surface area contributed by atoms with E-state index in [1.165, 1.54) is 6.20 Å². The zero-order valence-electron chi connectivity index (χ0n) is 20.4. The van der Waals surface area contributed by atoms with Crippen molar-refractivity contribution < 1.29 is 9.53 Å². The molecule has 0 fully saturated rings. The molecule has 178 valence electrons. The maximum absolute atomic E-state index is 12.8. The second-order valence-corrected chi connectivity index (χ2v) is 8.62. The maximum atomic E-state index is 12.8. The van der Waals surface area contributed by atoms with Crippen LogP contribution in [-0.4, -0.2) is 52.5 Å². The summed E-state index contributed by atoms with van der Waals surface area (Å²) in [7, 11) is 5.67. The molecule has 0 atom stereocenters. The van der Waals surface area contributed by atoms with Gasteiger partial charge >= 0.3 is 0 Å². The van der Waals surface area contributed by atoms with Gasteiger partial charge in [-0.3, -0.25) is 14.2 Å². The molecule has 0 radical (unpaired) electrons. The summed E-state index contributed by atoms with van der Waals surface area (Å²) < 4.78 is 7.13. The second-order valence-electron chi connectivity index (χ2n) is 8.62. The van der Waals surface area contributed by atoms with E-state index < -0.39 is 0 Å². The van der Waals surface area contributed by atoms with Crippen LogP contribution in [0.3, 0.4) is 0 Å². The van der Waals surface area contributed by atoms with Crippen molar-refractivity contribution in [3.63, 3.8) is 0 Å². The molecule has 4 aromatic rings. The number of pyridine rings is 1. The summed E-state index contributed by atoms with van der Waals surface area (Å²) >= 11 is 0. The van der Waals surface area contributed by atoms with Crippen LogP contribution in [0.5, 0.6) is 5.88 Å². The van der Waals surface area contributed by atoms with Crippen LogP contribution in [0.25, 0.3) is 23.1 Å². The third-order valence-corrected chi connectivity index (χ3v) is 5.73. The van der Waals surface area contributed by atoms with Crippen molar-refractivity contribution in [1.82, 2.24) is 19.4 Å². The fourth-order valence-electron chi connectivity index (χ4n) is 3.66. The highest BCUT2D eigenvalue weighted by atomic mass is 16.5. The number of benzene rings is 2. The van der Waals surface area contributed by atoms with Gasteiger partial charge in [-0.25, -0.2) is 9.97 Å². The quantitative estimate of drug-likeness (QED) is 0.364. The Labute approximate surface area is 204 Å². The molecule has 0 aliphatic carbocycles. The number of aryl methyl sites for hydroxylation is 1. The molecule has 0 saturated carbocycles. The summed E-state index contributed by atoms with van der Waals surface area (Å²) in [6.45, 7) is 3.23.